The molecule has 0 fully saturated rings. The average molecular weight is 369 g/mol. The van der Waals surface area contributed by atoms with Gasteiger partial charge in [-0.2, -0.15) is 9.97 Å². The van der Waals surface area contributed by atoms with Crippen LogP contribution in [0.4, 0.5) is 17.5 Å². The van der Waals surface area contributed by atoms with Gasteiger partial charge in [-0.1, -0.05) is 18.2 Å². The molecular weight excluding hydrogens is 342 g/mol. The van der Waals surface area contributed by atoms with E-state index in [4.69, 9.17) is 5.73 Å². The molecule has 0 aliphatic carbocycles. The zero-order chi connectivity index (χ0) is 19.6. The number of rotatable bonds is 7. The molecular formula is C19H27N7O. The third-order valence-electron chi connectivity index (χ3n) is 4.16. The Kier molecular flexibility index (Phi) is 5.18. The maximum atomic E-state index is 9.98. The summed E-state index contributed by atoms with van der Waals surface area (Å²) in [5.41, 5.74) is 8.31. The number of aromatic nitrogens is 4. The van der Waals surface area contributed by atoms with Gasteiger partial charge in [0.2, 0.25) is 5.95 Å². The van der Waals surface area contributed by atoms with Crippen LogP contribution in [0.5, 0.6) is 0 Å². The second-order valence-electron chi connectivity index (χ2n) is 7.53. The Bertz CT molecular complexity index is 927. The van der Waals surface area contributed by atoms with Crippen LogP contribution in [0.3, 0.4) is 0 Å². The molecule has 0 amide bonds. The van der Waals surface area contributed by atoms with E-state index in [1.807, 2.05) is 28.8 Å². The highest BCUT2D eigenvalue weighted by Crippen LogP contribution is 2.24. The highest BCUT2D eigenvalue weighted by atomic mass is 16.3. The Morgan fingerprint density at radius 2 is 1.93 bits per heavy atom. The van der Waals surface area contributed by atoms with Crippen LogP contribution in [-0.2, 0) is 6.54 Å². The number of aliphatic hydroxyl groups is 1. The molecule has 0 unspecified atom stereocenters. The molecule has 27 heavy (non-hydrogen) atoms. The highest BCUT2D eigenvalue weighted by Gasteiger charge is 2.17. The first-order valence-corrected chi connectivity index (χ1v) is 9.02. The van der Waals surface area contributed by atoms with Crippen LogP contribution in [-0.4, -0.2) is 36.8 Å². The highest BCUT2D eigenvalue weighted by molar-refractivity contribution is 5.84. The van der Waals surface area contributed by atoms with E-state index in [2.05, 4.69) is 39.4 Å². The summed E-state index contributed by atoms with van der Waals surface area (Å²) in [5, 5.41) is 16.4. The van der Waals surface area contributed by atoms with Crippen LogP contribution >= 0.6 is 0 Å². The van der Waals surface area contributed by atoms with Gasteiger partial charge in [-0.3, -0.25) is 0 Å². The summed E-state index contributed by atoms with van der Waals surface area (Å²) in [4.78, 5) is 13.6. The SMILES string of the molecule is CC(C)n1cnc2c(NCc3ccccc3N)nc(NCC(C)(C)O)nc21. The van der Waals surface area contributed by atoms with Crippen LogP contribution in [0.15, 0.2) is 30.6 Å². The Balaban J connectivity index is 1.95. The lowest BCUT2D eigenvalue weighted by Gasteiger charge is -2.18. The minimum atomic E-state index is -0.872. The first kappa shape index (κ1) is 18.9. The van der Waals surface area contributed by atoms with Crippen molar-refractivity contribution in [1.82, 2.24) is 19.5 Å². The number of nitrogens with two attached hydrogens (primary N) is 1. The summed E-state index contributed by atoms with van der Waals surface area (Å²) in [7, 11) is 0. The van der Waals surface area contributed by atoms with Gasteiger partial charge in [0.15, 0.2) is 17.0 Å². The van der Waals surface area contributed by atoms with E-state index in [1.54, 1.807) is 20.2 Å². The minimum Gasteiger partial charge on any atom is -0.398 e. The van der Waals surface area contributed by atoms with Crippen molar-refractivity contribution in [3.63, 3.8) is 0 Å². The van der Waals surface area contributed by atoms with Gasteiger partial charge in [0, 0.05) is 24.8 Å². The van der Waals surface area contributed by atoms with Crippen molar-refractivity contribution < 1.29 is 5.11 Å². The molecule has 3 rings (SSSR count). The van der Waals surface area contributed by atoms with Gasteiger partial charge in [-0.15, -0.1) is 0 Å². The molecule has 0 aliphatic heterocycles. The molecule has 144 valence electrons. The number of hydrogen-bond donors (Lipinski definition) is 4. The van der Waals surface area contributed by atoms with E-state index in [9.17, 15) is 5.11 Å². The van der Waals surface area contributed by atoms with Crippen LogP contribution in [0.2, 0.25) is 0 Å². The zero-order valence-corrected chi connectivity index (χ0v) is 16.2. The lowest BCUT2D eigenvalue weighted by atomic mass is 10.1. The van der Waals surface area contributed by atoms with Crippen molar-refractivity contribution in [2.75, 3.05) is 22.9 Å². The number of benzene rings is 1. The monoisotopic (exact) mass is 369 g/mol. The summed E-state index contributed by atoms with van der Waals surface area (Å²) >= 11 is 0. The third-order valence-corrected chi connectivity index (χ3v) is 4.16. The van der Waals surface area contributed by atoms with Gasteiger partial charge in [0.1, 0.15) is 0 Å². The van der Waals surface area contributed by atoms with E-state index >= 15 is 0 Å². The minimum absolute atomic E-state index is 0.213. The fourth-order valence-electron chi connectivity index (χ4n) is 2.67. The second-order valence-corrected chi connectivity index (χ2v) is 7.53. The molecule has 0 aliphatic rings. The van der Waals surface area contributed by atoms with Crippen molar-refractivity contribution in [2.24, 2.45) is 0 Å². The maximum absolute atomic E-state index is 9.98. The molecule has 0 radical (unpaired) electrons. The summed E-state index contributed by atoms with van der Waals surface area (Å²) < 4.78 is 1.99. The molecule has 5 N–H and O–H groups in total. The molecule has 3 aromatic rings. The van der Waals surface area contributed by atoms with Gasteiger partial charge >= 0.3 is 0 Å². The number of imidazole rings is 1. The molecule has 0 bridgehead atoms. The normalized spacial score (nSPS) is 11.9. The van der Waals surface area contributed by atoms with Crippen LogP contribution in [0.1, 0.15) is 39.3 Å². The van der Waals surface area contributed by atoms with Crippen LogP contribution in [0, 0.1) is 0 Å². The van der Waals surface area contributed by atoms with Crippen molar-refractivity contribution in [2.45, 2.75) is 45.9 Å². The van der Waals surface area contributed by atoms with Crippen molar-refractivity contribution >= 4 is 28.6 Å². The third kappa shape index (κ3) is 4.46. The summed E-state index contributed by atoms with van der Waals surface area (Å²) in [6.07, 6.45) is 1.77. The number of fused-ring (bicyclic) bond motifs is 1. The number of nitrogens with zero attached hydrogens (tertiary/aromatic N) is 4. The summed E-state index contributed by atoms with van der Waals surface area (Å²) in [6, 6.07) is 7.92. The smallest absolute Gasteiger partial charge is 0.226 e. The molecule has 2 heterocycles. The fraction of sp³-hybridized carbons (Fsp3) is 0.421. The predicted molar refractivity (Wildman–Crippen MR) is 109 cm³/mol. The van der Waals surface area contributed by atoms with E-state index < -0.39 is 5.60 Å². The zero-order valence-electron chi connectivity index (χ0n) is 16.2. The molecule has 8 heteroatoms. The first-order valence-electron chi connectivity index (χ1n) is 9.02. The lowest BCUT2D eigenvalue weighted by molar-refractivity contribution is 0.0943. The van der Waals surface area contributed by atoms with Gasteiger partial charge in [0.05, 0.1) is 11.9 Å². The number of hydrogen-bond acceptors (Lipinski definition) is 7. The van der Waals surface area contributed by atoms with E-state index in [-0.39, 0.29) is 6.04 Å². The largest absolute Gasteiger partial charge is 0.398 e. The topological polar surface area (TPSA) is 114 Å². The molecule has 0 saturated carbocycles. The van der Waals surface area contributed by atoms with Gasteiger partial charge < -0.3 is 26.0 Å². The van der Waals surface area contributed by atoms with Gasteiger partial charge in [-0.25, -0.2) is 4.98 Å². The molecule has 0 saturated heterocycles. The van der Waals surface area contributed by atoms with Gasteiger partial charge in [0.25, 0.3) is 0 Å². The van der Waals surface area contributed by atoms with Crippen molar-refractivity contribution in [1.29, 1.82) is 0 Å². The maximum Gasteiger partial charge on any atom is 0.226 e. The average Bonchev–Trinajstić information content (AvgIpc) is 3.03. The van der Waals surface area contributed by atoms with Gasteiger partial charge in [-0.05, 0) is 39.3 Å². The van der Waals surface area contributed by atoms with E-state index in [0.717, 1.165) is 16.9 Å². The number of nitrogen functional groups attached to an aromatic ring is 1. The number of para-hydroxylation sites is 1. The molecule has 1 aromatic carbocycles. The predicted octanol–water partition coefficient (Wildman–Crippen LogP) is 2.78. The van der Waals surface area contributed by atoms with E-state index in [1.165, 1.54) is 0 Å². The summed E-state index contributed by atoms with van der Waals surface area (Å²) in [5.74, 6) is 1.07. The Morgan fingerprint density at radius 3 is 2.59 bits per heavy atom. The molecule has 0 spiro atoms. The standard InChI is InChI=1S/C19H27N7O/c1-12(2)26-11-23-15-16(21-9-13-7-5-6-8-14(13)20)24-18(25-17(15)26)22-10-19(3,4)27/h5-8,11-12,27H,9-10,20H2,1-4H3,(H2,21,22,24,25). The van der Waals surface area contributed by atoms with Crippen molar-refractivity contribution in [3.05, 3.63) is 36.2 Å². The van der Waals surface area contributed by atoms with Crippen molar-refractivity contribution in [3.8, 4) is 0 Å². The molecule has 2 aromatic heterocycles. The second kappa shape index (κ2) is 7.40. The first-order chi connectivity index (χ1) is 12.7. The lowest BCUT2D eigenvalue weighted by Crippen LogP contribution is -2.30. The van der Waals surface area contributed by atoms with E-state index in [0.29, 0.717) is 30.4 Å². The fourth-order valence-corrected chi connectivity index (χ4v) is 2.67. The molecule has 8 nitrogen and oxygen atoms in total. The van der Waals surface area contributed by atoms with Crippen LogP contribution < -0.4 is 16.4 Å². The molecule has 0 atom stereocenters. The number of anilines is 3. The summed E-state index contributed by atoms with van der Waals surface area (Å²) in [6.45, 7) is 8.47. The quantitative estimate of drug-likeness (QED) is 0.474. The Morgan fingerprint density at radius 1 is 1.19 bits per heavy atom. The Hall–Kier alpha value is -2.87. The Labute approximate surface area is 158 Å². The number of nitrogens with one attached hydrogen (secondary N) is 2. The van der Waals surface area contributed by atoms with Crippen LogP contribution in [0.25, 0.3) is 11.2 Å².